The number of rotatable bonds is 3. The molecule has 0 unspecified atom stereocenters. The third-order valence-corrected chi connectivity index (χ3v) is 5.14. The molecule has 122 valence electrons. The number of hydrogen-bond acceptors (Lipinski definition) is 5. The molecule has 0 N–H and O–H groups in total. The van der Waals surface area contributed by atoms with Gasteiger partial charge in [0, 0.05) is 24.0 Å². The average molecular weight is 339 g/mol. The summed E-state index contributed by atoms with van der Waals surface area (Å²) in [6.45, 7) is 3.91. The molecule has 3 heterocycles. The molecule has 1 aliphatic heterocycles. The van der Waals surface area contributed by atoms with E-state index in [1.165, 1.54) is 0 Å². The molecule has 3 aromatic rings. The van der Waals surface area contributed by atoms with E-state index in [4.69, 9.17) is 0 Å². The Hall–Kier alpha value is -2.54. The van der Waals surface area contributed by atoms with E-state index in [1.807, 2.05) is 47.5 Å². The van der Waals surface area contributed by atoms with Gasteiger partial charge in [0.1, 0.15) is 10.8 Å². The average Bonchev–Trinajstić information content (AvgIpc) is 3.22. The minimum Gasteiger partial charge on any atom is -0.333 e. The van der Waals surface area contributed by atoms with Crippen LogP contribution in [0.2, 0.25) is 0 Å². The molecule has 7 heteroatoms. The van der Waals surface area contributed by atoms with E-state index in [0.29, 0.717) is 19.5 Å². The van der Waals surface area contributed by atoms with Crippen LogP contribution in [0, 0.1) is 6.92 Å². The number of fused-ring (bicyclic) bond motifs is 1. The zero-order chi connectivity index (χ0) is 16.5. The second-order valence-electron chi connectivity index (χ2n) is 5.82. The van der Waals surface area contributed by atoms with Gasteiger partial charge in [-0.25, -0.2) is 4.98 Å². The molecule has 0 fully saturated rings. The lowest BCUT2D eigenvalue weighted by atomic mass is 10.2. The highest BCUT2D eigenvalue weighted by Crippen LogP contribution is 2.24. The fraction of sp³-hybridized carbons (Fsp3) is 0.294. The molecule has 1 aliphatic rings. The Labute approximate surface area is 143 Å². The Morgan fingerprint density at radius 1 is 1.21 bits per heavy atom. The van der Waals surface area contributed by atoms with E-state index < -0.39 is 0 Å². The highest BCUT2D eigenvalue weighted by Gasteiger charge is 2.23. The molecule has 0 saturated heterocycles. The smallest absolute Gasteiger partial charge is 0.229 e. The summed E-state index contributed by atoms with van der Waals surface area (Å²) in [7, 11) is 0. The quantitative estimate of drug-likeness (QED) is 0.734. The number of aryl methyl sites for hydroxylation is 1. The summed E-state index contributed by atoms with van der Waals surface area (Å²) in [5.41, 5.74) is 1.91. The van der Waals surface area contributed by atoms with Crippen molar-refractivity contribution in [2.75, 3.05) is 6.54 Å². The molecule has 1 amide bonds. The van der Waals surface area contributed by atoms with Gasteiger partial charge in [-0.1, -0.05) is 30.3 Å². The number of hydrogen-bond donors (Lipinski definition) is 0. The normalized spacial score (nSPS) is 13.8. The molecule has 0 aliphatic carbocycles. The second-order valence-corrected chi connectivity index (χ2v) is 6.68. The van der Waals surface area contributed by atoms with Crippen LogP contribution in [0.5, 0.6) is 0 Å². The maximum absolute atomic E-state index is 12.6. The van der Waals surface area contributed by atoms with Crippen LogP contribution < -0.4 is 0 Å². The van der Waals surface area contributed by atoms with E-state index >= 15 is 0 Å². The monoisotopic (exact) mass is 339 g/mol. The van der Waals surface area contributed by atoms with E-state index in [0.717, 1.165) is 34.5 Å². The molecule has 0 saturated carbocycles. The summed E-state index contributed by atoms with van der Waals surface area (Å²) in [6.07, 6.45) is 0.330. The Kier molecular flexibility index (Phi) is 3.86. The van der Waals surface area contributed by atoms with Gasteiger partial charge in [0.25, 0.3) is 0 Å². The molecule has 0 bridgehead atoms. The van der Waals surface area contributed by atoms with Crippen molar-refractivity contribution in [2.24, 2.45) is 0 Å². The Morgan fingerprint density at radius 3 is 2.88 bits per heavy atom. The van der Waals surface area contributed by atoms with E-state index in [2.05, 4.69) is 19.7 Å². The first-order chi connectivity index (χ1) is 11.7. The summed E-state index contributed by atoms with van der Waals surface area (Å²) in [5.74, 6) is 1.85. The molecule has 6 nitrogen and oxygen atoms in total. The first-order valence-corrected chi connectivity index (χ1v) is 8.75. The van der Waals surface area contributed by atoms with E-state index in [1.54, 1.807) is 11.3 Å². The van der Waals surface area contributed by atoms with Crippen molar-refractivity contribution in [1.29, 1.82) is 0 Å². The maximum Gasteiger partial charge on any atom is 0.229 e. The minimum absolute atomic E-state index is 0.0896. The maximum atomic E-state index is 12.6. The zero-order valence-corrected chi connectivity index (χ0v) is 14.2. The SMILES string of the molecule is Cc1nnc2n1CCN(C(=O)Cc1csc(-c3ccccc3)n1)C2. The fourth-order valence-electron chi connectivity index (χ4n) is 2.88. The molecule has 0 spiro atoms. The Balaban J connectivity index is 1.45. The van der Waals surface area contributed by atoms with Crippen molar-refractivity contribution >= 4 is 17.2 Å². The Bertz CT molecular complexity index is 870. The van der Waals surface area contributed by atoms with Crippen molar-refractivity contribution in [2.45, 2.75) is 26.4 Å². The van der Waals surface area contributed by atoms with Gasteiger partial charge >= 0.3 is 0 Å². The summed E-state index contributed by atoms with van der Waals surface area (Å²) >= 11 is 1.57. The summed E-state index contributed by atoms with van der Waals surface area (Å²) in [4.78, 5) is 19.0. The summed E-state index contributed by atoms with van der Waals surface area (Å²) < 4.78 is 2.07. The minimum atomic E-state index is 0.0896. The standard InChI is InChI=1S/C17H17N5OS/c1-12-19-20-15-10-21(7-8-22(12)15)16(23)9-14-11-24-17(18-14)13-5-3-2-4-6-13/h2-6,11H,7-10H2,1H3. The van der Waals surface area contributed by atoms with Gasteiger partial charge in [0.05, 0.1) is 18.7 Å². The molecule has 0 atom stereocenters. The highest BCUT2D eigenvalue weighted by molar-refractivity contribution is 7.13. The Morgan fingerprint density at radius 2 is 2.04 bits per heavy atom. The lowest BCUT2D eigenvalue weighted by Gasteiger charge is -2.27. The van der Waals surface area contributed by atoms with Gasteiger partial charge < -0.3 is 9.47 Å². The van der Waals surface area contributed by atoms with Crippen LogP contribution in [-0.2, 0) is 24.3 Å². The number of nitrogens with zero attached hydrogens (tertiary/aromatic N) is 5. The molecule has 2 aromatic heterocycles. The first-order valence-electron chi connectivity index (χ1n) is 7.87. The topological polar surface area (TPSA) is 63.9 Å². The largest absolute Gasteiger partial charge is 0.333 e. The number of benzene rings is 1. The van der Waals surface area contributed by atoms with Gasteiger partial charge in [0.15, 0.2) is 5.82 Å². The molecule has 1 aromatic carbocycles. The fourth-order valence-corrected chi connectivity index (χ4v) is 3.71. The molecule has 24 heavy (non-hydrogen) atoms. The van der Waals surface area contributed by atoms with Crippen LogP contribution in [0.1, 0.15) is 17.3 Å². The van der Waals surface area contributed by atoms with Crippen LogP contribution in [0.25, 0.3) is 10.6 Å². The van der Waals surface area contributed by atoms with Gasteiger partial charge in [-0.15, -0.1) is 21.5 Å². The molecule has 0 radical (unpaired) electrons. The molecular formula is C17H17N5OS. The van der Waals surface area contributed by atoms with Gasteiger partial charge in [-0.05, 0) is 6.92 Å². The van der Waals surface area contributed by atoms with Crippen molar-refractivity contribution in [3.63, 3.8) is 0 Å². The van der Waals surface area contributed by atoms with Crippen LogP contribution in [0.4, 0.5) is 0 Å². The van der Waals surface area contributed by atoms with Gasteiger partial charge in [-0.3, -0.25) is 4.79 Å². The van der Waals surface area contributed by atoms with Crippen LogP contribution in [-0.4, -0.2) is 37.1 Å². The third kappa shape index (κ3) is 2.82. The molecule has 4 rings (SSSR count). The van der Waals surface area contributed by atoms with Crippen molar-refractivity contribution in [1.82, 2.24) is 24.6 Å². The van der Waals surface area contributed by atoms with Crippen LogP contribution >= 0.6 is 11.3 Å². The second kappa shape index (κ2) is 6.16. The van der Waals surface area contributed by atoms with Crippen LogP contribution in [0.15, 0.2) is 35.7 Å². The third-order valence-electron chi connectivity index (χ3n) is 4.20. The lowest BCUT2D eigenvalue weighted by Crippen LogP contribution is -2.39. The van der Waals surface area contributed by atoms with Crippen molar-refractivity contribution in [3.05, 3.63) is 53.1 Å². The van der Waals surface area contributed by atoms with Crippen molar-refractivity contribution < 1.29 is 4.79 Å². The van der Waals surface area contributed by atoms with Gasteiger partial charge in [0.2, 0.25) is 5.91 Å². The zero-order valence-electron chi connectivity index (χ0n) is 13.3. The number of amides is 1. The number of aromatic nitrogens is 4. The molecular weight excluding hydrogens is 322 g/mol. The predicted octanol–water partition coefficient (Wildman–Crippen LogP) is 2.29. The summed E-state index contributed by atoms with van der Waals surface area (Å²) in [6, 6.07) is 10.0. The van der Waals surface area contributed by atoms with Crippen LogP contribution in [0.3, 0.4) is 0 Å². The van der Waals surface area contributed by atoms with E-state index in [9.17, 15) is 4.79 Å². The predicted molar refractivity (Wildman–Crippen MR) is 91.4 cm³/mol. The summed E-state index contributed by atoms with van der Waals surface area (Å²) in [5, 5.41) is 11.1. The van der Waals surface area contributed by atoms with Gasteiger partial charge in [-0.2, -0.15) is 0 Å². The number of thiazole rings is 1. The number of carbonyl (C=O) groups excluding carboxylic acids is 1. The highest BCUT2D eigenvalue weighted by atomic mass is 32.1. The number of carbonyl (C=O) groups is 1. The van der Waals surface area contributed by atoms with E-state index in [-0.39, 0.29) is 5.91 Å². The van der Waals surface area contributed by atoms with Crippen molar-refractivity contribution in [3.8, 4) is 10.6 Å². The lowest BCUT2D eigenvalue weighted by molar-refractivity contribution is -0.132. The first kappa shape index (κ1) is 15.0.